The van der Waals surface area contributed by atoms with Crippen LogP contribution < -0.4 is 0 Å². The summed E-state index contributed by atoms with van der Waals surface area (Å²) in [5.41, 5.74) is 2.37. The van der Waals surface area contributed by atoms with Gasteiger partial charge >= 0.3 is 0 Å². The molecular formula is C13H14ClN3. The molecule has 1 heterocycles. The molecule has 88 valence electrons. The lowest BCUT2D eigenvalue weighted by Gasteiger charge is -2.11. The maximum atomic E-state index is 5.95. The van der Waals surface area contributed by atoms with E-state index in [1.807, 2.05) is 12.1 Å². The molecule has 1 aromatic heterocycles. The number of aromatic nitrogens is 3. The van der Waals surface area contributed by atoms with E-state index in [1.54, 1.807) is 0 Å². The summed E-state index contributed by atoms with van der Waals surface area (Å²) in [6.07, 6.45) is 2.43. The van der Waals surface area contributed by atoms with E-state index in [-0.39, 0.29) is 0 Å². The van der Waals surface area contributed by atoms with E-state index in [1.165, 1.54) is 18.4 Å². The van der Waals surface area contributed by atoms with E-state index in [9.17, 15) is 0 Å². The molecule has 17 heavy (non-hydrogen) atoms. The van der Waals surface area contributed by atoms with E-state index < -0.39 is 0 Å². The number of rotatable bonds is 3. The van der Waals surface area contributed by atoms with Gasteiger partial charge in [-0.1, -0.05) is 18.2 Å². The summed E-state index contributed by atoms with van der Waals surface area (Å²) in [5.74, 6) is 2.87. The van der Waals surface area contributed by atoms with Crippen LogP contribution in [0.25, 0.3) is 5.69 Å². The van der Waals surface area contributed by atoms with Crippen LogP contribution in [-0.4, -0.2) is 14.8 Å². The minimum atomic E-state index is 0.397. The average molecular weight is 248 g/mol. The maximum absolute atomic E-state index is 5.95. The maximum Gasteiger partial charge on any atom is 0.152 e. The predicted octanol–water partition coefficient (Wildman–Crippen LogP) is 3.19. The van der Waals surface area contributed by atoms with Crippen molar-refractivity contribution in [1.82, 2.24) is 14.8 Å². The molecule has 0 amide bonds. The third-order valence-electron chi connectivity index (χ3n) is 3.17. The Hall–Kier alpha value is -1.35. The fourth-order valence-electron chi connectivity index (χ4n) is 2.10. The Kier molecular flexibility index (Phi) is 2.63. The molecule has 1 saturated carbocycles. The molecule has 4 heteroatoms. The summed E-state index contributed by atoms with van der Waals surface area (Å²) < 4.78 is 2.12. The van der Waals surface area contributed by atoms with Gasteiger partial charge in [0.15, 0.2) is 5.82 Å². The molecule has 1 aliphatic carbocycles. The van der Waals surface area contributed by atoms with Gasteiger partial charge in [-0.05, 0) is 31.4 Å². The first-order valence-electron chi connectivity index (χ1n) is 5.87. The van der Waals surface area contributed by atoms with Crippen molar-refractivity contribution >= 4 is 11.6 Å². The lowest BCUT2D eigenvalue weighted by molar-refractivity contribution is 0.853. The molecule has 0 spiro atoms. The Labute approximate surface area is 105 Å². The standard InChI is InChI=1S/C13H14ClN3/c1-9-4-2-3-5-11(9)17-12(8-14)15-16-13(17)10-6-7-10/h2-5,10H,6-8H2,1H3. The second-order valence-corrected chi connectivity index (χ2v) is 4.77. The van der Waals surface area contributed by atoms with Crippen LogP contribution in [0, 0.1) is 6.92 Å². The third kappa shape index (κ3) is 1.84. The topological polar surface area (TPSA) is 30.7 Å². The molecule has 0 radical (unpaired) electrons. The van der Waals surface area contributed by atoms with Gasteiger partial charge < -0.3 is 0 Å². The Balaban J connectivity index is 2.18. The van der Waals surface area contributed by atoms with Crippen LogP contribution in [0.2, 0.25) is 0 Å². The van der Waals surface area contributed by atoms with Gasteiger partial charge in [0.05, 0.1) is 11.6 Å². The molecule has 1 aromatic carbocycles. The Morgan fingerprint density at radius 3 is 2.71 bits per heavy atom. The highest BCUT2D eigenvalue weighted by molar-refractivity contribution is 6.16. The van der Waals surface area contributed by atoms with E-state index >= 15 is 0 Å². The number of alkyl halides is 1. The first-order valence-corrected chi connectivity index (χ1v) is 6.41. The fraction of sp³-hybridized carbons (Fsp3) is 0.385. The largest absolute Gasteiger partial charge is 0.281 e. The highest BCUT2D eigenvalue weighted by Crippen LogP contribution is 2.40. The average Bonchev–Trinajstić information content (AvgIpc) is 3.10. The van der Waals surface area contributed by atoms with Gasteiger partial charge in [-0.15, -0.1) is 21.8 Å². The monoisotopic (exact) mass is 247 g/mol. The van der Waals surface area contributed by atoms with Crippen LogP contribution in [0.4, 0.5) is 0 Å². The molecule has 1 aliphatic rings. The smallest absolute Gasteiger partial charge is 0.152 e. The van der Waals surface area contributed by atoms with E-state index in [2.05, 4.69) is 33.8 Å². The fourth-order valence-corrected chi connectivity index (χ4v) is 2.27. The number of para-hydroxylation sites is 1. The normalized spacial score (nSPS) is 15.2. The number of halogens is 1. The number of aryl methyl sites for hydroxylation is 1. The molecule has 1 fully saturated rings. The SMILES string of the molecule is Cc1ccccc1-n1c(CCl)nnc1C1CC1. The van der Waals surface area contributed by atoms with Gasteiger partial charge in [-0.2, -0.15) is 0 Å². The molecule has 0 atom stereocenters. The van der Waals surface area contributed by atoms with Gasteiger partial charge in [0.1, 0.15) is 5.82 Å². The molecule has 0 aliphatic heterocycles. The molecule has 0 saturated heterocycles. The Morgan fingerprint density at radius 1 is 1.29 bits per heavy atom. The first-order chi connectivity index (χ1) is 8.31. The Morgan fingerprint density at radius 2 is 2.06 bits per heavy atom. The van der Waals surface area contributed by atoms with Crippen LogP contribution in [-0.2, 0) is 5.88 Å². The van der Waals surface area contributed by atoms with Gasteiger partial charge in [-0.3, -0.25) is 4.57 Å². The summed E-state index contributed by atoms with van der Waals surface area (Å²) in [6, 6.07) is 8.28. The predicted molar refractivity (Wildman–Crippen MR) is 67.6 cm³/mol. The van der Waals surface area contributed by atoms with Crippen molar-refractivity contribution in [2.45, 2.75) is 31.6 Å². The van der Waals surface area contributed by atoms with Crippen LogP contribution >= 0.6 is 11.6 Å². The summed E-state index contributed by atoms with van der Waals surface area (Å²) in [5, 5.41) is 8.49. The highest BCUT2D eigenvalue weighted by atomic mass is 35.5. The number of hydrogen-bond donors (Lipinski definition) is 0. The van der Waals surface area contributed by atoms with E-state index in [0.717, 1.165) is 17.3 Å². The van der Waals surface area contributed by atoms with E-state index in [0.29, 0.717) is 11.8 Å². The molecular weight excluding hydrogens is 234 g/mol. The van der Waals surface area contributed by atoms with Gasteiger partial charge in [0.2, 0.25) is 0 Å². The van der Waals surface area contributed by atoms with Crippen LogP contribution in [0.3, 0.4) is 0 Å². The molecule has 2 aromatic rings. The number of benzene rings is 1. The van der Waals surface area contributed by atoms with E-state index in [4.69, 9.17) is 11.6 Å². The molecule has 0 bridgehead atoms. The molecule has 3 rings (SSSR count). The zero-order valence-corrected chi connectivity index (χ0v) is 10.5. The summed E-state index contributed by atoms with van der Waals surface area (Å²) in [7, 11) is 0. The second kappa shape index (κ2) is 4.15. The van der Waals surface area contributed by atoms with Crippen LogP contribution in [0.5, 0.6) is 0 Å². The van der Waals surface area contributed by atoms with Crippen molar-refractivity contribution in [3.8, 4) is 5.69 Å². The highest BCUT2D eigenvalue weighted by Gasteiger charge is 2.30. The summed E-state index contributed by atoms with van der Waals surface area (Å²) in [4.78, 5) is 0. The summed E-state index contributed by atoms with van der Waals surface area (Å²) >= 11 is 5.95. The zero-order chi connectivity index (χ0) is 11.8. The lowest BCUT2D eigenvalue weighted by Crippen LogP contribution is -2.05. The van der Waals surface area contributed by atoms with Crippen molar-refractivity contribution in [1.29, 1.82) is 0 Å². The van der Waals surface area contributed by atoms with Crippen molar-refractivity contribution in [2.24, 2.45) is 0 Å². The van der Waals surface area contributed by atoms with Crippen molar-refractivity contribution in [3.05, 3.63) is 41.5 Å². The minimum Gasteiger partial charge on any atom is -0.281 e. The lowest BCUT2D eigenvalue weighted by atomic mass is 10.2. The summed E-state index contributed by atoms with van der Waals surface area (Å²) in [6.45, 7) is 2.10. The third-order valence-corrected chi connectivity index (χ3v) is 3.41. The molecule has 0 N–H and O–H groups in total. The molecule has 3 nitrogen and oxygen atoms in total. The molecule has 0 unspecified atom stereocenters. The van der Waals surface area contributed by atoms with Crippen molar-refractivity contribution in [3.63, 3.8) is 0 Å². The Bertz CT molecular complexity index is 543. The van der Waals surface area contributed by atoms with Crippen LogP contribution in [0.1, 0.15) is 36.0 Å². The van der Waals surface area contributed by atoms with Gasteiger partial charge in [-0.25, -0.2) is 0 Å². The second-order valence-electron chi connectivity index (χ2n) is 4.50. The quantitative estimate of drug-likeness (QED) is 0.780. The van der Waals surface area contributed by atoms with Gasteiger partial charge in [0.25, 0.3) is 0 Å². The number of nitrogens with zero attached hydrogens (tertiary/aromatic N) is 3. The van der Waals surface area contributed by atoms with Gasteiger partial charge in [0, 0.05) is 5.92 Å². The first kappa shape index (κ1) is 10.8. The van der Waals surface area contributed by atoms with Crippen molar-refractivity contribution < 1.29 is 0 Å². The van der Waals surface area contributed by atoms with Crippen molar-refractivity contribution in [2.75, 3.05) is 0 Å². The minimum absolute atomic E-state index is 0.397. The zero-order valence-electron chi connectivity index (χ0n) is 9.73. The van der Waals surface area contributed by atoms with Crippen LogP contribution in [0.15, 0.2) is 24.3 Å². The number of hydrogen-bond acceptors (Lipinski definition) is 2.